The van der Waals surface area contributed by atoms with Crippen LogP contribution in [0.15, 0.2) is 29.2 Å². The fraction of sp³-hybridized carbons (Fsp3) is 0.571. The Kier molecular flexibility index (Phi) is 5.92. The SMILES string of the molecule is CC1CC(NS(=O)(=O)CCSc2ccccc2N)CCO1. The number of rotatable bonds is 6. The van der Waals surface area contributed by atoms with E-state index in [0.29, 0.717) is 18.0 Å². The van der Waals surface area contributed by atoms with Gasteiger partial charge in [-0.3, -0.25) is 0 Å². The van der Waals surface area contributed by atoms with Crippen LogP contribution in [0.5, 0.6) is 0 Å². The highest BCUT2D eigenvalue weighted by Crippen LogP contribution is 2.24. The molecule has 1 heterocycles. The van der Waals surface area contributed by atoms with Gasteiger partial charge >= 0.3 is 0 Å². The van der Waals surface area contributed by atoms with Crippen molar-refractivity contribution in [3.63, 3.8) is 0 Å². The van der Waals surface area contributed by atoms with Crippen LogP contribution in [0, 0.1) is 0 Å². The van der Waals surface area contributed by atoms with E-state index in [2.05, 4.69) is 4.72 Å². The van der Waals surface area contributed by atoms with Gasteiger partial charge in [-0.15, -0.1) is 11.8 Å². The number of nitrogen functional groups attached to an aromatic ring is 1. The number of nitrogens with two attached hydrogens (primary N) is 1. The molecule has 3 N–H and O–H groups in total. The Morgan fingerprint density at radius 3 is 2.90 bits per heavy atom. The van der Waals surface area contributed by atoms with Crippen LogP contribution in [-0.4, -0.2) is 38.7 Å². The van der Waals surface area contributed by atoms with Crippen LogP contribution < -0.4 is 10.5 Å². The predicted octanol–water partition coefficient (Wildman–Crippen LogP) is 1.85. The molecule has 2 unspecified atom stereocenters. The van der Waals surface area contributed by atoms with Gasteiger partial charge in [-0.25, -0.2) is 13.1 Å². The van der Waals surface area contributed by atoms with Crippen molar-refractivity contribution in [2.45, 2.75) is 36.8 Å². The molecule has 2 rings (SSSR count). The molecule has 1 aliphatic heterocycles. The maximum absolute atomic E-state index is 12.1. The van der Waals surface area contributed by atoms with Crippen LogP contribution in [0.2, 0.25) is 0 Å². The second-order valence-electron chi connectivity index (χ2n) is 5.23. The molecular formula is C14H22N2O3S2. The van der Waals surface area contributed by atoms with E-state index >= 15 is 0 Å². The van der Waals surface area contributed by atoms with Crippen LogP contribution in [0.4, 0.5) is 5.69 Å². The zero-order valence-corrected chi connectivity index (χ0v) is 13.8. The number of hydrogen-bond acceptors (Lipinski definition) is 5. The highest BCUT2D eigenvalue weighted by atomic mass is 32.2. The zero-order chi connectivity index (χ0) is 15.3. The van der Waals surface area contributed by atoms with Crippen molar-refractivity contribution in [2.75, 3.05) is 23.8 Å². The van der Waals surface area contributed by atoms with Gasteiger partial charge in [0, 0.05) is 29.0 Å². The first-order chi connectivity index (χ1) is 9.96. The Morgan fingerprint density at radius 2 is 2.19 bits per heavy atom. The summed E-state index contributed by atoms with van der Waals surface area (Å²) in [4.78, 5) is 0.924. The molecule has 0 spiro atoms. The van der Waals surface area contributed by atoms with E-state index < -0.39 is 10.0 Å². The van der Waals surface area contributed by atoms with Crippen LogP contribution >= 0.6 is 11.8 Å². The van der Waals surface area contributed by atoms with Gasteiger partial charge in [0.1, 0.15) is 0 Å². The standard InChI is InChI=1S/C14H22N2O3S2/c1-11-10-12(6-7-19-11)16-21(17,18)9-8-20-14-5-3-2-4-13(14)15/h2-5,11-12,16H,6-10,15H2,1H3. The van der Waals surface area contributed by atoms with Crippen molar-refractivity contribution in [1.29, 1.82) is 0 Å². The molecule has 1 fully saturated rings. The number of nitrogens with one attached hydrogen (secondary N) is 1. The number of sulfonamides is 1. The van der Waals surface area contributed by atoms with Crippen molar-refractivity contribution in [3.8, 4) is 0 Å². The zero-order valence-electron chi connectivity index (χ0n) is 12.1. The van der Waals surface area contributed by atoms with E-state index in [9.17, 15) is 8.42 Å². The minimum atomic E-state index is -3.25. The number of benzene rings is 1. The monoisotopic (exact) mass is 330 g/mol. The van der Waals surface area contributed by atoms with Crippen molar-refractivity contribution >= 4 is 27.5 Å². The van der Waals surface area contributed by atoms with E-state index in [1.807, 2.05) is 31.2 Å². The molecule has 0 saturated carbocycles. The Hall–Kier alpha value is -0.760. The summed E-state index contributed by atoms with van der Waals surface area (Å²) < 4.78 is 32.4. The van der Waals surface area contributed by atoms with Gasteiger partial charge in [-0.05, 0) is 31.9 Å². The van der Waals surface area contributed by atoms with Gasteiger partial charge in [-0.1, -0.05) is 12.1 Å². The van der Waals surface area contributed by atoms with Gasteiger partial charge < -0.3 is 10.5 Å². The average Bonchev–Trinajstić information content (AvgIpc) is 2.40. The summed E-state index contributed by atoms with van der Waals surface area (Å²) in [6.45, 7) is 2.58. The average molecular weight is 330 g/mol. The van der Waals surface area contributed by atoms with Crippen molar-refractivity contribution in [3.05, 3.63) is 24.3 Å². The van der Waals surface area contributed by atoms with E-state index in [1.165, 1.54) is 11.8 Å². The van der Waals surface area contributed by atoms with Crippen molar-refractivity contribution in [1.82, 2.24) is 4.72 Å². The lowest BCUT2D eigenvalue weighted by Crippen LogP contribution is -2.42. The first-order valence-electron chi connectivity index (χ1n) is 7.05. The lowest BCUT2D eigenvalue weighted by molar-refractivity contribution is 0.0173. The minimum absolute atomic E-state index is 0.00875. The molecule has 2 atom stereocenters. The van der Waals surface area contributed by atoms with Crippen molar-refractivity contribution < 1.29 is 13.2 Å². The van der Waals surface area contributed by atoms with E-state index in [4.69, 9.17) is 10.5 Å². The Bertz CT molecular complexity index is 563. The highest BCUT2D eigenvalue weighted by Gasteiger charge is 2.23. The number of ether oxygens (including phenoxy) is 1. The Balaban J connectivity index is 1.80. The molecule has 21 heavy (non-hydrogen) atoms. The third kappa shape index (κ3) is 5.50. The molecule has 1 aliphatic rings. The molecule has 7 heteroatoms. The van der Waals surface area contributed by atoms with E-state index in [0.717, 1.165) is 17.7 Å². The van der Waals surface area contributed by atoms with Crippen molar-refractivity contribution in [2.24, 2.45) is 0 Å². The smallest absolute Gasteiger partial charge is 0.212 e. The predicted molar refractivity (Wildman–Crippen MR) is 86.9 cm³/mol. The lowest BCUT2D eigenvalue weighted by atomic mass is 10.1. The summed E-state index contributed by atoms with van der Waals surface area (Å²) in [5.74, 6) is 0.583. The number of thioether (sulfide) groups is 1. The van der Waals surface area contributed by atoms with E-state index in [1.54, 1.807) is 0 Å². The third-order valence-electron chi connectivity index (χ3n) is 3.36. The molecule has 0 radical (unpaired) electrons. The normalized spacial score (nSPS) is 23.1. The summed E-state index contributed by atoms with van der Waals surface area (Å²) in [6, 6.07) is 7.47. The summed E-state index contributed by atoms with van der Waals surface area (Å²) >= 11 is 1.47. The molecule has 1 saturated heterocycles. The second kappa shape index (κ2) is 7.49. The minimum Gasteiger partial charge on any atom is -0.398 e. The fourth-order valence-corrected chi connectivity index (χ4v) is 4.97. The molecule has 0 bridgehead atoms. The fourth-order valence-electron chi connectivity index (χ4n) is 2.29. The largest absolute Gasteiger partial charge is 0.398 e. The maximum Gasteiger partial charge on any atom is 0.212 e. The van der Waals surface area contributed by atoms with Crippen LogP contribution in [0.3, 0.4) is 0 Å². The lowest BCUT2D eigenvalue weighted by Gasteiger charge is -2.27. The summed E-state index contributed by atoms with van der Waals surface area (Å²) in [7, 11) is -3.25. The van der Waals surface area contributed by atoms with E-state index in [-0.39, 0.29) is 17.9 Å². The number of hydrogen-bond donors (Lipinski definition) is 2. The second-order valence-corrected chi connectivity index (χ2v) is 8.24. The first-order valence-corrected chi connectivity index (χ1v) is 9.69. The molecule has 118 valence electrons. The molecule has 0 amide bonds. The summed E-state index contributed by atoms with van der Waals surface area (Å²) in [5, 5.41) is 0. The Morgan fingerprint density at radius 1 is 1.43 bits per heavy atom. The quantitative estimate of drug-likeness (QED) is 0.614. The molecule has 1 aromatic carbocycles. The summed E-state index contributed by atoms with van der Waals surface area (Å²) in [6.07, 6.45) is 1.59. The molecular weight excluding hydrogens is 308 g/mol. The molecule has 1 aromatic rings. The number of anilines is 1. The Labute approximate surface area is 130 Å². The van der Waals surface area contributed by atoms with Crippen LogP contribution in [0.1, 0.15) is 19.8 Å². The van der Waals surface area contributed by atoms with Gasteiger partial charge in [-0.2, -0.15) is 0 Å². The van der Waals surface area contributed by atoms with Crippen LogP contribution in [0.25, 0.3) is 0 Å². The summed E-state index contributed by atoms with van der Waals surface area (Å²) in [5.41, 5.74) is 6.52. The topological polar surface area (TPSA) is 81.4 Å². The maximum atomic E-state index is 12.1. The first kappa shape index (κ1) is 16.6. The van der Waals surface area contributed by atoms with Crippen LogP contribution in [-0.2, 0) is 14.8 Å². The highest BCUT2D eigenvalue weighted by molar-refractivity contribution is 8.00. The number of para-hydroxylation sites is 1. The van der Waals surface area contributed by atoms with Gasteiger partial charge in [0.05, 0.1) is 11.9 Å². The third-order valence-corrected chi connectivity index (χ3v) is 6.14. The van der Waals surface area contributed by atoms with Gasteiger partial charge in [0.2, 0.25) is 10.0 Å². The van der Waals surface area contributed by atoms with Gasteiger partial charge in [0.15, 0.2) is 0 Å². The molecule has 0 aliphatic carbocycles. The molecule has 5 nitrogen and oxygen atoms in total. The van der Waals surface area contributed by atoms with Gasteiger partial charge in [0.25, 0.3) is 0 Å². The molecule has 0 aromatic heterocycles.